The Kier molecular flexibility index (Phi) is 3.87. The molecule has 2 aliphatic heterocycles. The lowest BCUT2D eigenvalue weighted by Crippen LogP contribution is -2.50. The Labute approximate surface area is 117 Å². The van der Waals surface area contributed by atoms with Gasteiger partial charge in [0, 0.05) is 44.3 Å². The summed E-state index contributed by atoms with van der Waals surface area (Å²) >= 11 is 0. The van der Waals surface area contributed by atoms with Gasteiger partial charge in [0.1, 0.15) is 0 Å². The fraction of sp³-hybridized carbons (Fsp3) is 1.00. The largest absolute Gasteiger partial charge is 0.379 e. The van der Waals surface area contributed by atoms with Crippen LogP contribution in [0.1, 0.15) is 33.1 Å². The lowest BCUT2D eigenvalue weighted by Gasteiger charge is -2.35. The van der Waals surface area contributed by atoms with E-state index in [4.69, 9.17) is 10.5 Å². The van der Waals surface area contributed by atoms with Gasteiger partial charge in [-0.05, 0) is 24.7 Å². The molecule has 0 spiro atoms. The Morgan fingerprint density at radius 2 is 1.79 bits per heavy atom. The van der Waals surface area contributed by atoms with Gasteiger partial charge in [-0.25, -0.2) is 0 Å². The third-order valence-corrected chi connectivity index (χ3v) is 5.63. The normalized spacial score (nSPS) is 40.9. The summed E-state index contributed by atoms with van der Waals surface area (Å²) in [5, 5.41) is 0. The summed E-state index contributed by atoms with van der Waals surface area (Å²) in [5.74, 6) is 0. The molecule has 3 atom stereocenters. The minimum absolute atomic E-state index is 0.321. The van der Waals surface area contributed by atoms with Crippen LogP contribution >= 0.6 is 0 Å². The summed E-state index contributed by atoms with van der Waals surface area (Å²) in [5.41, 5.74) is 6.81. The molecule has 3 rings (SSSR count). The van der Waals surface area contributed by atoms with Gasteiger partial charge >= 0.3 is 0 Å². The molecule has 2 N–H and O–H groups in total. The van der Waals surface area contributed by atoms with E-state index in [0.29, 0.717) is 17.5 Å². The first-order chi connectivity index (χ1) is 9.08. The maximum atomic E-state index is 6.49. The van der Waals surface area contributed by atoms with Crippen molar-refractivity contribution in [1.29, 1.82) is 0 Å². The Bertz CT molecular complexity index is 315. The van der Waals surface area contributed by atoms with E-state index >= 15 is 0 Å². The maximum Gasteiger partial charge on any atom is 0.0594 e. The third-order valence-electron chi connectivity index (χ3n) is 5.63. The van der Waals surface area contributed by atoms with Crippen molar-refractivity contribution < 1.29 is 4.74 Å². The molecule has 4 nitrogen and oxygen atoms in total. The molecule has 2 heterocycles. The van der Waals surface area contributed by atoms with Gasteiger partial charge in [-0.3, -0.25) is 9.80 Å². The van der Waals surface area contributed by atoms with Gasteiger partial charge in [-0.2, -0.15) is 0 Å². The standard InChI is InChI=1S/C15H29N3O/c1-15(2)5-3-13(14(15)16)18-6-4-12(11-18)17-7-9-19-10-8-17/h12-14H,3-11,16H2,1-2H3. The zero-order valence-electron chi connectivity index (χ0n) is 12.5. The molecule has 0 aromatic heterocycles. The van der Waals surface area contributed by atoms with E-state index in [1.165, 1.54) is 32.4 Å². The second-order valence-corrected chi connectivity index (χ2v) is 7.21. The number of rotatable bonds is 2. The van der Waals surface area contributed by atoms with Gasteiger partial charge in [-0.15, -0.1) is 0 Å². The Morgan fingerprint density at radius 3 is 2.42 bits per heavy atom. The number of nitrogens with two attached hydrogens (primary N) is 1. The second-order valence-electron chi connectivity index (χ2n) is 7.21. The zero-order chi connectivity index (χ0) is 13.5. The van der Waals surface area contributed by atoms with Crippen LogP contribution in [0, 0.1) is 5.41 Å². The molecule has 0 aromatic rings. The molecule has 3 aliphatic rings. The average Bonchev–Trinajstić information content (AvgIpc) is 2.98. The molecular weight excluding hydrogens is 238 g/mol. The first-order valence-electron chi connectivity index (χ1n) is 7.89. The predicted octanol–water partition coefficient (Wildman–Crippen LogP) is 0.909. The van der Waals surface area contributed by atoms with Crippen LogP contribution in [0.5, 0.6) is 0 Å². The van der Waals surface area contributed by atoms with Crippen LogP contribution in [0.25, 0.3) is 0 Å². The molecule has 1 aliphatic carbocycles. The van der Waals surface area contributed by atoms with E-state index in [2.05, 4.69) is 23.6 Å². The Hall–Kier alpha value is -0.160. The van der Waals surface area contributed by atoms with Crippen molar-refractivity contribution in [3.63, 3.8) is 0 Å². The van der Waals surface area contributed by atoms with E-state index in [1.807, 2.05) is 0 Å². The second kappa shape index (κ2) is 5.32. The van der Waals surface area contributed by atoms with Crippen molar-refractivity contribution in [1.82, 2.24) is 9.80 Å². The van der Waals surface area contributed by atoms with Gasteiger partial charge in [0.2, 0.25) is 0 Å². The fourth-order valence-electron chi connectivity index (χ4n) is 4.11. The highest BCUT2D eigenvalue weighted by Crippen LogP contribution is 2.39. The minimum atomic E-state index is 0.321. The van der Waals surface area contributed by atoms with Crippen LogP contribution < -0.4 is 5.73 Å². The number of morpholine rings is 1. The Balaban J connectivity index is 1.57. The van der Waals surface area contributed by atoms with Crippen LogP contribution in [0.2, 0.25) is 0 Å². The quantitative estimate of drug-likeness (QED) is 0.807. The molecule has 0 aromatic carbocycles. The highest BCUT2D eigenvalue weighted by atomic mass is 16.5. The molecule has 1 saturated carbocycles. The molecule has 2 saturated heterocycles. The van der Waals surface area contributed by atoms with Crippen LogP contribution in [0.4, 0.5) is 0 Å². The maximum absolute atomic E-state index is 6.49. The van der Waals surface area contributed by atoms with Crippen molar-refractivity contribution in [3.8, 4) is 0 Å². The summed E-state index contributed by atoms with van der Waals surface area (Å²) < 4.78 is 5.45. The van der Waals surface area contributed by atoms with Gasteiger partial charge in [0.15, 0.2) is 0 Å². The molecule has 0 bridgehead atoms. The van der Waals surface area contributed by atoms with E-state index < -0.39 is 0 Å². The van der Waals surface area contributed by atoms with E-state index in [9.17, 15) is 0 Å². The molecule has 19 heavy (non-hydrogen) atoms. The van der Waals surface area contributed by atoms with Crippen LogP contribution in [-0.2, 0) is 4.74 Å². The SMILES string of the molecule is CC1(C)CCC(N2CCC(N3CCOCC3)C2)C1N. The van der Waals surface area contributed by atoms with Crippen molar-refractivity contribution in [3.05, 3.63) is 0 Å². The summed E-state index contributed by atoms with van der Waals surface area (Å²) in [4.78, 5) is 5.29. The Morgan fingerprint density at radius 1 is 1.05 bits per heavy atom. The van der Waals surface area contributed by atoms with Crippen LogP contribution in [-0.4, -0.2) is 67.3 Å². The van der Waals surface area contributed by atoms with Gasteiger partial charge in [0.25, 0.3) is 0 Å². The molecule has 110 valence electrons. The first kappa shape index (κ1) is 13.8. The number of ether oxygens (including phenoxy) is 1. The summed E-state index contributed by atoms with van der Waals surface area (Å²) in [6, 6.07) is 1.69. The van der Waals surface area contributed by atoms with Crippen molar-refractivity contribution >= 4 is 0 Å². The van der Waals surface area contributed by atoms with Gasteiger partial charge < -0.3 is 10.5 Å². The molecule has 3 fully saturated rings. The molecule has 4 heteroatoms. The third kappa shape index (κ3) is 2.68. The number of hydrogen-bond acceptors (Lipinski definition) is 4. The van der Waals surface area contributed by atoms with E-state index in [0.717, 1.165) is 32.3 Å². The predicted molar refractivity (Wildman–Crippen MR) is 77.1 cm³/mol. The summed E-state index contributed by atoms with van der Waals surface area (Å²) in [6.45, 7) is 11.1. The van der Waals surface area contributed by atoms with E-state index in [-0.39, 0.29) is 0 Å². The monoisotopic (exact) mass is 267 g/mol. The summed E-state index contributed by atoms with van der Waals surface area (Å²) in [7, 11) is 0. The topological polar surface area (TPSA) is 41.7 Å². The van der Waals surface area contributed by atoms with Crippen molar-refractivity contribution in [2.45, 2.75) is 51.2 Å². The van der Waals surface area contributed by atoms with Crippen molar-refractivity contribution in [2.75, 3.05) is 39.4 Å². The lowest BCUT2D eigenvalue weighted by atomic mass is 9.87. The molecule has 3 unspecified atom stereocenters. The summed E-state index contributed by atoms with van der Waals surface area (Å²) in [6.07, 6.45) is 3.87. The molecule has 0 radical (unpaired) electrons. The van der Waals surface area contributed by atoms with Crippen LogP contribution in [0.15, 0.2) is 0 Å². The highest BCUT2D eigenvalue weighted by molar-refractivity contribution is 5.01. The smallest absolute Gasteiger partial charge is 0.0594 e. The van der Waals surface area contributed by atoms with Gasteiger partial charge in [0.05, 0.1) is 13.2 Å². The zero-order valence-corrected chi connectivity index (χ0v) is 12.5. The number of likely N-dealkylation sites (tertiary alicyclic amines) is 1. The van der Waals surface area contributed by atoms with Gasteiger partial charge in [-0.1, -0.05) is 13.8 Å². The highest BCUT2D eigenvalue weighted by Gasteiger charge is 2.44. The number of hydrogen-bond donors (Lipinski definition) is 1. The molecular formula is C15H29N3O. The average molecular weight is 267 g/mol. The van der Waals surface area contributed by atoms with Crippen LogP contribution in [0.3, 0.4) is 0 Å². The number of nitrogens with zero attached hydrogens (tertiary/aromatic N) is 2. The first-order valence-corrected chi connectivity index (χ1v) is 7.89. The lowest BCUT2D eigenvalue weighted by molar-refractivity contribution is 0.0173. The van der Waals surface area contributed by atoms with E-state index in [1.54, 1.807) is 0 Å². The molecule has 0 amide bonds. The fourth-order valence-corrected chi connectivity index (χ4v) is 4.11. The minimum Gasteiger partial charge on any atom is -0.379 e. The van der Waals surface area contributed by atoms with Crippen molar-refractivity contribution in [2.24, 2.45) is 11.1 Å².